The molecule has 0 atom stereocenters. The number of carbonyl (C=O) groups excluding carboxylic acids is 2. The van der Waals surface area contributed by atoms with E-state index in [1.165, 1.54) is 18.2 Å². The van der Waals surface area contributed by atoms with Crippen LogP contribution in [0.15, 0.2) is 53.0 Å². The maximum Gasteiger partial charge on any atom is 0.252 e. The Morgan fingerprint density at radius 1 is 1.11 bits per heavy atom. The van der Waals surface area contributed by atoms with Crippen molar-refractivity contribution < 1.29 is 14.0 Å². The zero-order valence-corrected chi connectivity index (χ0v) is 16.3. The molecule has 0 radical (unpaired) electrons. The molecule has 3 rings (SSSR count). The molecule has 5 nitrogen and oxygen atoms in total. The van der Waals surface area contributed by atoms with Crippen LogP contribution in [0.5, 0.6) is 0 Å². The molecular formula is C20H21BrFN3O2. The first-order valence-corrected chi connectivity index (χ1v) is 9.64. The summed E-state index contributed by atoms with van der Waals surface area (Å²) in [6.45, 7) is 1.76. The summed E-state index contributed by atoms with van der Waals surface area (Å²) in [5, 5.41) is 5.83. The highest BCUT2D eigenvalue weighted by Crippen LogP contribution is 2.19. The zero-order chi connectivity index (χ0) is 19.2. The van der Waals surface area contributed by atoms with Crippen LogP contribution < -0.4 is 10.6 Å². The number of piperidine rings is 1. The van der Waals surface area contributed by atoms with E-state index >= 15 is 0 Å². The number of likely N-dealkylation sites (tertiary alicyclic amines) is 1. The van der Waals surface area contributed by atoms with Gasteiger partial charge >= 0.3 is 0 Å². The van der Waals surface area contributed by atoms with Crippen LogP contribution in [0.4, 0.5) is 10.1 Å². The summed E-state index contributed by atoms with van der Waals surface area (Å²) >= 11 is 3.28. The van der Waals surface area contributed by atoms with Crippen LogP contribution in [-0.4, -0.2) is 42.4 Å². The second-order valence-electron chi connectivity index (χ2n) is 6.56. The van der Waals surface area contributed by atoms with Gasteiger partial charge in [-0.3, -0.25) is 14.5 Å². The number of para-hydroxylation sites is 1. The number of carbonyl (C=O) groups is 2. The number of rotatable bonds is 5. The molecule has 1 fully saturated rings. The van der Waals surface area contributed by atoms with Gasteiger partial charge in [-0.25, -0.2) is 4.39 Å². The molecule has 1 aliphatic heterocycles. The highest BCUT2D eigenvalue weighted by molar-refractivity contribution is 9.10. The van der Waals surface area contributed by atoms with E-state index in [9.17, 15) is 14.0 Å². The summed E-state index contributed by atoms with van der Waals surface area (Å²) in [6, 6.07) is 13.4. The second-order valence-corrected chi connectivity index (χ2v) is 7.42. The van der Waals surface area contributed by atoms with Crippen LogP contribution in [0.25, 0.3) is 0 Å². The zero-order valence-electron chi connectivity index (χ0n) is 14.8. The Labute approximate surface area is 166 Å². The summed E-state index contributed by atoms with van der Waals surface area (Å²) in [4.78, 5) is 26.6. The Morgan fingerprint density at radius 2 is 1.81 bits per heavy atom. The fourth-order valence-corrected chi connectivity index (χ4v) is 3.52. The van der Waals surface area contributed by atoms with E-state index < -0.39 is 5.82 Å². The SMILES string of the molecule is O=C(CN1CCC(NC(=O)c2cc(F)ccc2Br)CC1)Nc1ccccc1. The average molecular weight is 434 g/mol. The van der Waals surface area contributed by atoms with E-state index in [0.29, 0.717) is 16.6 Å². The molecule has 0 saturated carbocycles. The van der Waals surface area contributed by atoms with Crippen LogP contribution in [0.1, 0.15) is 23.2 Å². The van der Waals surface area contributed by atoms with Crippen molar-refractivity contribution in [1.29, 1.82) is 0 Å². The number of halogens is 2. The first-order chi connectivity index (χ1) is 13.0. The monoisotopic (exact) mass is 433 g/mol. The minimum Gasteiger partial charge on any atom is -0.349 e. The number of hydrogen-bond donors (Lipinski definition) is 2. The highest BCUT2D eigenvalue weighted by Gasteiger charge is 2.23. The van der Waals surface area contributed by atoms with Crippen molar-refractivity contribution in [3.63, 3.8) is 0 Å². The molecule has 0 bridgehead atoms. The van der Waals surface area contributed by atoms with Crippen molar-refractivity contribution in [2.75, 3.05) is 25.0 Å². The summed E-state index contributed by atoms with van der Waals surface area (Å²) in [5.41, 5.74) is 1.07. The van der Waals surface area contributed by atoms with E-state index in [2.05, 4.69) is 31.5 Å². The molecule has 0 unspecified atom stereocenters. The van der Waals surface area contributed by atoms with Crippen molar-refractivity contribution in [2.45, 2.75) is 18.9 Å². The number of nitrogens with zero attached hydrogens (tertiary/aromatic N) is 1. The normalized spacial score (nSPS) is 15.3. The van der Waals surface area contributed by atoms with Crippen LogP contribution in [0, 0.1) is 5.82 Å². The van der Waals surface area contributed by atoms with Crippen LogP contribution in [-0.2, 0) is 4.79 Å². The van der Waals surface area contributed by atoms with Crippen LogP contribution in [0.3, 0.4) is 0 Å². The van der Waals surface area contributed by atoms with Crippen molar-refractivity contribution in [1.82, 2.24) is 10.2 Å². The van der Waals surface area contributed by atoms with Crippen LogP contribution in [0.2, 0.25) is 0 Å². The minimum atomic E-state index is -0.442. The van der Waals surface area contributed by atoms with Gasteiger partial charge in [0, 0.05) is 29.3 Å². The molecule has 7 heteroatoms. The second kappa shape index (κ2) is 9.10. The average Bonchev–Trinajstić information content (AvgIpc) is 2.66. The lowest BCUT2D eigenvalue weighted by Gasteiger charge is -2.31. The summed E-state index contributed by atoms with van der Waals surface area (Å²) in [6.07, 6.45) is 1.49. The predicted molar refractivity (Wildman–Crippen MR) is 106 cm³/mol. The summed E-state index contributed by atoms with van der Waals surface area (Å²) < 4.78 is 13.9. The van der Waals surface area contributed by atoms with Gasteiger partial charge in [-0.1, -0.05) is 18.2 Å². The van der Waals surface area contributed by atoms with Gasteiger partial charge in [0.05, 0.1) is 12.1 Å². The Balaban J connectivity index is 1.45. The molecule has 2 N–H and O–H groups in total. The molecule has 2 aromatic carbocycles. The lowest BCUT2D eigenvalue weighted by atomic mass is 10.0. The Morgan fingerprint density at radius 3 is 2.52 bits per heavy atom. The van der Waals surface area contributed by atoms with Gasteiger partial charge in [-0.15, -0.1) is 0 Å². The van der Waals surface area contributed by atoms with Gasteiger partial charge in [0.1, 0.15) is 5.82 Å². The number of anilines is 1. The smallest absolute Gasteiger partial charge is 0.252 e. The van der Waals surface area contributed by atoms with Gasteiger partial charge in [0.15, 0.2) is 0 Å². The first kappa shape index (κ1) is 19.5. The fraction of sp³-hybridized carbons (Fsp3) is 0.300. The highest BCUT2D eigenvalue weighted by atomic mass is 79.9. The maximum atomic E-state index is 13.4. The molecule has 2 aromatic rings. The quantitative estimate of drug-likeness (QED) is 0.759. The Hall–Kier alpha value is -2.25. The van der Waals surface area contributed by atoms with E-state index in [0.717, 1.165) is 31.6 Å². The molecule has 27 heavy (non-hydrogen) atoms. The third-order valence-electron chi connectivity index (χ3n) is 4.52. The molecule has 1 aliphatic rings. The van der Waals surface area contributed by atoms with Gasteiger partial charge < -0.3 is 10.6 Å². The molecule has 0 aromatic heterocycles. The van der Waals surface area contributed by atoms with E-state index in [-0.39, 0.29) is 17.9 Å². The third kappa shape index (κ3) is 5.61. The number of amides is 2. The van der Waals surface area contributed by atoms with Crippen molar-refractivity contribution in [3.05, 3.63) is 64.4 Å². The molecule has 1 heterocycles. The lowest BCUT2D eigenvalue weighted by molar-refractivity contribution is -0.117. The predicted octanol–water partition coefficient (Wildman–Crippen LogP) is 3.42. The first-order valence-electron chi connectivity index (χ1n) is 8.84. The third-order valence-corrected chi connectivity index (χ3v) is 5.21. The summed E-state index contributed by atoms with van der Waals surface area (Å²) in [5.74, 6) is -0.781. The standard InChI is InChI=1S/C20H21BrFN3O2/c21-18-7-6-14(22)12-17(18)20(27)24-16-8-10-25(11-9-16)13-19(26)23-15-4-2-1-3-5-15/h1-7,12,16H,8-11,13H2,(H,23,26)(H,24,27). The van der Waals surface area contributed by atoms with E-state index in [1.54, 1.807) is 0 Å². The Bertz CT molecular complexity index is 808. The molecule has 1 saturated heterocycles. The largest absolute Gasteiger partial charge is 0.349 e. The van der Waals surface area contributed by atoms with E-state index in [4.69, 9.17) is 0 Å². The van der Waals surface area contributed by atoms with E-state index in [1.807, 2.05) is 30.3 Å². The molecule has 0 aliphatic carbocycles. The van der Waals surface area contributed by atoms with Gasteiger partial charge in [-0.05, 0) is 59.1 Å². The maximum absolute atomic E-state index is 13.4. The number of hydrogen-bond acceptors (Lipinski definition) is 3. The minimum absolute atomic E-state index is 0.0149. The molecule has 0 spiro atoms. The van der Waals surface area contributed by atoms with Crippen LogP contribution >= 0.6 is 15.9 Å². The van der Waals surface area contributed by atoms with Crippen molar-refractivity contribution in [2.24, 2.45) is 0 Å². The van der Waals surface area contributed by atoms with Gasteiger partial charge in [-0.2, -0.15) is 0 Å². The fourth-order valence-electron chi connectivity index (χ4n) is 3.10. The van der Waals surface area contributed by atoms with Gasteiger partial charge in [0.2, 0.25) is 5.91 Å². The number of nitrogens with one attached hydrogen (secondary N) is 2. The topological polar surface area (TPSA) is 61.4 Å². The molecule has 142 valence electrons. The molecule has 2 amide bonds. The Kier molecular flexibility index (Phi) is 6.58. The molecular weight excluding hydrogens is 413 g/mol. The van der Waals surface area contributed by atoms with Gasteiger partial charge in [0.25, 0.3) is 5.91 Å². The van der Waals surface area contributed by atoms with Crippen molar-refractivity contribution in [3.8, 4) is 0 Å². The van der Waals surface area contributed by atoms with Crippen molar-refractivity contribution >= 4 is 33.4 Å². The number of benzene rings is 2. The lowest BCUT2D eigenvalue weighted by Crippen LogP contribution is -2.46. The summed E-state index contributed by atoms with van der Waals surface area (Å²) in [7, 11) is 0.